The highest BCUT2D eigenvalue weighted by Crippen LogP contribution is 2.37. The van der Waals surface area contributed by atoms with Crippen LogP contribution in [0.3, 0.4) is 0 Å². The molecule has 0 saturated carbocycles. The molecule has 112 valence electrons. The van der Waals surface area contributed by atoms with Crippen LogP contribution in [-0.4, -0.2) is 26.1 Å². The van der Waals surface area contributed by atoms with Crippen LogP contribution in [-0.2, 0) is 13.8 Å². The highest BCUT2D eigenvalue weighted by molar-refractivity contribution is 8.13. The molecule has 0 saturated heterocycles. The van der Waals surface area contributed by atoms with E-state index in [0.29, 0.717) is 12.8 Å². The van der Waals surface area contributed by atoms with Gasteiger partial charge < -0.3 is 9.84 Å². The van der Waals surface area contributed by atoms with E-state index in [4.69, 9.17) is 43.7 Å². The predicted octanol–water partition coefficient (Wildman–Crippen LogP) is 3.55. The smallest absolute Gasteiger partial charge is 0.303 e. The molecule has 0 unspecified atom stereocenters. The van der Waals surface area contributed by atoms with Crippen LogP contribution in [0.2, 0.25) is 10.0 Å². The van der Waals surface area contributed by atoms with Crippen molar-refractivity contribution < 1.29 is 23.1 Å². The molecule has 0 aliphatic rings. The van der Waals surface area contributed by atoms with Crippen molar-refractivity contribution in [3.63, 3.8) is 0 Å². The van der Waals surface area contributed by atoms with Crippen LogP contribution in [0.15, 0.2) is 17.0 Å². The van der Waals surface area contributed by atoms with Gasteiger partial charge in [0.15, 0.2) is 0 Å². The van der Waals surface area contributed by atoms with Crippen LogP contribution >= 0.6 is 33.9 Å². The summed E-state index contributed by atoms with van der Waals surface area (Å²) in [7, 11) is 1.22. The molecule has 0 bridgehead atoms. The summed E-state index contributed by atoms with van der Waals surface area (Å²) in [5, 5.41) is 8.21. The van der Waals surface area contributed by atoms with Crippen molar-refractivity contribution in [3.8, 4) is 5.75 Å². The molecule has 0 spiro atoms. The lowest BCUT2D eigenvalue weighted by molar-refractivity contribution is -0.137. The molecule has 20 heavy (non-hydrogen) atoms. The second-order valence-corrected chi connectivity index (χ2v) is 7.12. The first-order valence-corrected chi connectivity index (χ1v) is 8.57. The van der Waals surface area contributed by atoms with Crippen LogP contribution in [0.5, 0.6) is 5.75 Å². The Morgan fingerprint density at radius 3 is 2.40 bits per heavy atom. The Morgan fingerprint density at radius 2 is 1.85 bits per heavy atom. The van der Waals surface area contributed by atoms with Gasteiger partial charge in [-0.25, -0.2) is 8.42 Å². The Labute approximate surface area is 130 Å². The van der Waals surface area contributed by atoms with E-state index in [1.54, 1.807) is 0 Å². The summed E-state index contributed by atoms with van der Waals surface area (Å²) in [4.78, 5) is 10.0. The van der Waals surface area contributed by atoms with Crippen LogP contribution in [0, 0.1) is 0 Å². The molecule has 1 rings (SSSR count). The molecule has 0 radical (unpaired) electrons. The van der Waals surface area contributed by atoms with Crippen LogP contribution in [0.1, 0.15) is 19.3 Å². The number of rotatable bonds is 7. The standard InChI is InChI=1S/C11H11Cl3O5S/c12-10-7(19-6-2-1-3-9(15)16)4-5-8(11(10)13)20(14,17)18/h4-5H,1-3,6H2,(H,15,16). The van der Waals surface area contributed by atoms with Crippen molar-refractivity contribution in [2.75, 3.05) is 6.61 Å². The maximum absolute atomic E-state index is 11.2. The van der Waals surface area contributed by atoms with E-state index in [1.165, 1.54) is 12.1 Å². The lowest BCUT2D eigenvalue weighted by Gasteiger charge is -2.10. The summed E-state index contributed by atoms with van der Waals surface area (Å²) in [5.41, 5.74) is 0. The summed E-state index contributed by atoms with van der Waals surface area (Å²) in [5.74, 6) is -0.654. The largest absolute Gasteiger partial charge is 0.492 e. The summed E-state index contributed by atoms with van der Waals surface area (Å²) < 4.78 is 27.7. The maximum Gasteiger partial charge on any atom is 0.303 e. The van der Waals surface area contributed by atoms with Crippen LogP contribution < -0.4 is 4.74 Å². The highest BCUT2D eigenvalue weighted by Gasteiger charge is 2.19. The van der Waals surface area contributed by atoms with Crippen molar-refractivity contribution in [3.05, 3.63) is 22.2 Å². The number of carboxylic acid groups (broad SMARTS) is 1. The second-order valence-electron chi connectivity index (χ2n) is 3.83. The van der Waals surface area contributed by atoms with E-state index < -0.39 is 15.0 Å². The summed E-state index contributed by atoms with van der Waals surface area (Å²) in [6.07, 6.45) is 1.05. The minimum absolute atomic E-state index is 0.0494. The van der Waals surface area contributed by atoms with Gasteiger partial charge in [0.2, 0.25) is 0 Å². The molecule has 5 nitrogen and oxygen atoms in total. The monoisotopic (exact) mass is 360 g/mol. The van der Waals surface area contributed by atoms with Crippen molar-refractivity contribution in [1.29, 1.82) is 0 Å². The Hall–Kier alpha value is -0.690. The summed E-state index contributed by atoms with van der Waals surface area (Å²) >= 11 is 11.7. The molecule has 0 aliphatic carbocycles. The predicted molar refractivity (Wildman–Crippen MR) is 76.5 cm³/mol. The lowest BCUT2D eigenvalue weighted by atomic mass is 10.2. The molecule has 1 aromatic rings. The van der Waals surface area contributed by atoms with Gasteiger partial charge in [-0.2, -0.15) is 0 Å². The molecular formula is C11H11Cl3O5S. The third-order valence-electron chi connectivity index (χ3n) is 2.32. The van der Waals surface area contributed by atoms with Crippen molar-refractivity contribution in [2.24, 2.45) is 0 Å². The Kier molecular flexibility index (Phi) is 6.39. The van der Waals surface area contributed by atoms with Gasteiger partial charge in [0.25, 0.3) is 9.05 Å². The third kappa shape index (κ3) is 5.01. The number of ether oxygens (including phenoxy) is 1. The fraction of sp³-hybridized carbons (Fsp3) is 0.364. The second kappa shape index (κ2) is 7.36. The van der Waals surface area contributed by atoms with Gasteiger partial charge in [-0.3, -0.25) is 4.79 Å². The van der Waals surface area contributed by atoms with Crippen molar-refractivity contribution >= 4 is 48.9 Å². The number of unbranched alkanes of at least 4 members (excludes halogenated alkanes) is 1. The van der Waals surface area contributed by atoms with E-state index in [-0.39, 0.29) is 33.7 Å². The molecule has 0 heterocycles. The SMILES string of the molecule is O=C(O)CCCCOc1ccc(S(=O)(=O)Cl)c(Cl)c1Cl. The van der Waals surface area contributed by atoms with Gasteiger partial charge in [0, 0.05) is 17.1 Å². The maximum atomic E-state index is 11.2. The lowest BCUT2D eigenvalue weighted by Crippen LogP contribution is -2.01. The molecule has 0 fully saturated rings. The average molecular weight is 362 g/mol. The Bertz CT molecular complexity index is 600. The first-order chi connectivity index (χ1) is 9.23. The van der Waals surface area contributed by atoms with Crippen LogP contribution in [0.25, 0.3) is 0 Å². The fourth-order valence-corrected chi connectivity index (χ4v) is 3.16. The average Bonchev–Trinajstić information content (AvgIpc) is 2.32. The number of aliphatic carboxylic acids is 1. The quantitative estimate of drug-likeness (QED) is 0.593. The highest BCUT2D eigenvalue weighted by atomic mass is 35.7. The van der Waals surface area contributed by atoms with Crippen molar-refractivity contribution in [2.45, 2.75) is 24.2 Å². The molecule has 9 heteroatoms. The van der Waals surface area contributed by atoms with Crippen LogP contribution in [0.4, 0.5) is 0 Å². The number of carbonyl (C=O) groups is 1. The summed E-state index contributed by atoms with van der Waals surface area (Å²) in [6.45, 7) is 0.246. The Morgan fingerprint density at radius 1 is 1.20 bits per heavy atom. The minimum atomic E-state index is -3.98. The number of carboxylic acids is 1. The molecule has 0 amide bonds. The molecule has 0 aromatic heterocycles. The van der Waals surface area contributed by atoms with Gasteiger partial charge in [-0.15, -0.1) is 0 Å². The van der Waals surface area contributed by atoms with E-state index >= 15 is 0 Å². The normalized spacial score (nSPS) is 11.3. The van der Waals surface area contributed by atoms with Crippen molar-refractivity contribution in [1.82, 2.24) is 0 Å². The topological polar surface area (TPSA) is 80.7 Å². The van der Waals surface area contributed by atoms with E-state index in [2.05, 4.69) is 0 Å². The molecule has 0 atom stereocenters. The first-order valence-electron chi connectivity index (χ1n) is 5.50. The Balaban J connectivity index is 2.69. The number of halogens is 3. The van der Waals surface area contributed by atoms with E-state index in [0.717, 1.165) is 0 Å². The molecular weight excluding hydrogens is 351 g/mol. The van der Waals surface area contributed by atoms with Gasteiger partial charge in [0.05, 0.1) is 11.6 Å². The van der Waals surface area contributed by atoms with E-state index in [1.807, 2.05) is 0 Å². The number of hydrogen-bond donors (Lipinski definition) is 1. The van der Waals surface area contributed by atoms with Gasteiger partial charge in [0.1, 0.15) is 15.7 Å². The van der Waals surface area contributed by atoms with Gasteiger partial charge in [-0.05, 0) is 25.0 Å². The number of hydrogen-bond acceptors (Lipinski definition) is 4. The number of benzene rings is 1. The fourth-order valence-electron chi connectivity index (χ4n) is 1.37. The zero-order chi connectivity index (χ0) is 15.3. The summed E-state index contributed by atoms with van der Waals surface area (Å²) in [6, 6.07) is 2.55. The zero-order valence-corrected chi connectivity index (χ0v) is 13.2. The first kappa shape index (κ1) is 17.4. The van der Waals surface area contributed by atoms with Gasteiger partial charge in [-0.1, -0.05) is 23.2 Å². The van der Waals surface area contributed by atoms with E-state index in [9.17, 15) is 13.2 Å². The minimum Gasteiger partial charge on any atom is -0.492 e. The third-order valence-corrected chi connectivity index (χ3v) is 4.66. The molecule has 0 aliphatic heterocycles. The molecule has 1 N–H and O–H groups in total. The van der Waals surface area contributed by atoms with Gasteiger partial charge >= 0.3 is 5.97 Å². The zero-order valence-electron chi connectivity index (χ0n) is 10.1. The molecule has 1 aromatic carbocycles.